The minimum atomic E-state index is -4.83. The molecule has 3 rings (SSSR count). The number of halogens is 3. The largest absolute Gasteiger partial charge is 0.434 e. The number of nitrogens with zero attached hydrogens (tertiary/aromatic N) is 1. The van der Waals surface area contributed by atoms with Gasteiger partial charge >= 0.3 is 12.3 Å². The van der Waals surface area contributed by atoms with Crippen LogP contribution in [0, 0.1) is 28.6 Å². The van der Waals surface area contributed by atoms with Crippen molar-refractivity contribution in [2.24, 2.45) is 28.6 Å². The number of fused-ring (bicyclic) bond motifs is 1. The molecule has 1 saturated heterocycles. The summed E-state index contributed by atoms with van der Waals surface area (Å²) in [6.07, 6.45) is -4.08. The number of piperidine rings is 1. The molecule has 2 N–H and O–H groups in total. The number of hydrogen-bond donors (Lipinski definition) is 2. The number of ketones is 2. The molecule has 3 fully saturated rings. The minimum absolute atomic E-state index is 0.0145. The highest BCUT2D eigenvalue weighted by Crippen LogP contribution is 2.65. The van der Waals surface area contributed by atoms with E-state index in [0.717, 1.165) is 19.8 Å². The Morgan fingerprint density at radius 2 is 1.56 bits per heavy atom. The summed E-state index contributed by atoms with van der Waals surface area (Å²) in [6, 6.07) is -3.25. The summed E-state index contributed by atoms with van der Waals surface area (Å²) < 4.78 is 44.4. The van der Waals surface area contributed by atoms with Crippen LogP contribution < -0.4 is 10.6 Å². The fourth-order valence-corrected chi connectivity index (χ4v) is 5.49. The summed E-state index contributed by atoms with van der Waals surface area (Å²) in [4.78, 5) is 65.7. The van der Waals surface area contributed by atoms with E-state index < -0.39 is 64.8 Å². The number of carbonyl (C=O) groups is 5. The number of carbonyl (C=O) groups excluding carboxylic acids is 5. The second-order valence-corrected chi connectivity index (χ2v) is 13.4. The van der Waals surface area contributed by atoms with E-state index in [0.29, 0.717) is 20.3 Å². The number of hydrogen-bond acceptors (Lipinski definition) is 6. The van der Waals surface area contributed by atoms with Crippen molar-refractivity contribution in [2.45, 2.75) is 105 Å². The predicted octanol–water partition coefficient (Wildman–Crippen LogP) is 3.39. The Morgan fingerprint density at radius 3 is 2.03 bits per heavy atom. The summed E-state index contributed by atoms with van der Waals surface area (Å²) >= 11 is 0. The Kier molecular flexibility index (Phi) is 7.97. The van der Waals surface area contributed by atoms with Gasteiger partial charge in [0.1, 0.15) is 12.1 Å². The first-order valence-corrected chi connectivity index (χ1v) is 13.3. The zero-order valence-corrected chi connectivity index (χ0v) is 23.8. The van der Waals surface area contributed by atoms with Gasteiger partial charge in [0.05, 0.1) is 6.04 Å². The van der Waals surface area contributed by atoms with Crippen molar-refractivity contribution in [1.29, 1.82) is 0 Å². The number of likely N-dealkylation sites (tertiary alicyclic amines) is 1. The van der Waals surface area contributed by atoms with Gasteiger partial charge in [0.2, 0.25) is 23.2 Å². The number of Topliss-reactive ketones (excluding diaryl/α,β-unsaturated/α-hetero) is 2. The minimum Gasteiger partial charge on any atom is -0.434 e. The lowest BCUT2D eigenvalue weighted by atomic mass is 9.85. The van der Waals surface area contributed by atoms with Crippen molar-refractivity contribution >= 4 is 29.5 Å². The second kappa shape index (κ2) is 10.1. The second-order valence-electron chi connectivity index (χ2n) is 13.4. The molecule has 2 aliphatic carbocycles. The molecule has 0 spiro atoms. The van der Waals surface area contributed by atoms with Crippen LogP contribution in [0.5, 0.6) is 0 Å². The monoisotopic (exact) mass is 559 g/mol. The lowest BCUT2D eigenvalue weighted by Crippen LogP contribution is -2.61. The van der Waals surface area contributed by atoms with E-state index >= 15 is 0 Å². The maximum atomic E-state index is 13.8. The molecule has 9 nitrogen and oxygen atoms in total. The van der Waals surface area contributed by atoms with E-state index in [2.05, 4.69) is 15.4 Å². The fourth-order valence-electron chi connectivity index (χ4n) is 5.49. The molecule has 0 aromatic carbocycles. The van der Waals surface area contributed by atoms with Crippen molar-refractivity contribution in [3.05, 3.63) is 0 Å². The molecule has 5 atom stereocenters. The number of nitrogens with one attached hydrogen (secondary N) is 2. The average Bonchev–Trinajstić information content (AvgIpc) is 3.61. The fraction of sp³-hybridized carbons (Fsp3) is 0.815. The molecular weight excluding hydrogens is 519 g/mol. The third kappa shape index (κ3) is 6.40. The molecule has 0 aromatic rings. The molecule has 1 aliphatic heterocycles. The van der Waals surface area contributed by atoms with E-state index in [4.69, 9.17) is 0 Å². The molecule has 0 radical (unpaired) electrons. The highest BCUT2D eigenvalue weighted by atomic mass is 19.4. The number of alkyl carbamates (subject to hydrolysis) is 1. The first kappa shape index (κ1) is 30.9. The van der Waals surface area contributed by atoms with Crippen LogP contribution in [-0.2, 0) is 23.9 Å². The Balaban J connectivity index is 1.83. The first-order chi connectivity index (χ1) is 17.6. The molecule has 3 amide bonds. The molecule has 12 heteroatoms. The third-order valence-electron chi connectivity index (χ3n) is 8.41. The standard InChI is InChI=1S/C27H40F3N3O6/c1-13(34)19(35)16(11-14-9-10-14)31-21(36)18-17-15(25(17,5)6)12-33(18)22(37)20(24(2,3)4)32-23(38)39-26(7,8)27(28,29)30/h14-18,20H,9-12H2,1-8H3,(H,31,36)(H,32,38)/t15-,16+,17-,18-,20+/m0/s1. The molecule has 220 valence electrons. The van der Waals surface area contributed by atoms with Gasteiger partial charge in [-0.2, -0.15) is 13.2 Å². The summed E-state index contributed by atoms with van der Waals surface area (Å²) in [6.45, 7) is 11.6. The van der Waals surface area contributed by atoms with Gasteiger partial charge in [-0.25, -0.2) is 4.79 Å². The molecular formula is C27H40F3N3O6. The van der Waals surface area contributed by atoms with Gasteiger partial charge in [0, 0.05) is 13.5 Å². The van der Waals surface area contributed by atoms with Crippen molar-refractivity contribution < 1.29 is 41.9 Å². The Morgan fingerprint density at radius 1 is 1.00 bits per heavy atom. The van der Waals surface area contributed by atoms with Crippen molar-refractivity contribution in [3.63, 3.8) is 0 Å². The quantitative estimate of drug-likeness (QED) is 0.418. The highest BCUT2D eigenvalue weighted by molar-refractivity contribution is 6.38. The Bertz CT molecular complexity index is 1040. The van der Waals surface area contributed by atoms with Gasteiger partial charge in [-0.3, -0.25) is 19.2 Å². The Labute approximate surface area is 226 Å². The van der Waals surface area contributed by atoms with Crippen LogP contribution in [0.15, 0.2) is 0 Å². The van der Waals surface area contributed by atoms with Crippen LogP contribution in [0.4, 0.5) is 18.0 Å². The van der Waals surface area contributed by atoms with E-state index in [-0.39, 0.29) is 29.7 Å². The molecule has 1 heterocycles. The maximum absolute atomic E-state index is 13.8. The number of rotatable bonds is 9. The molecule has 0 unspecified atom stereocenters. The van der Waals surface area contributed by atoms with Gasteiger partial charge in [-0.1, -0.05) is 47.5 Å². The maximum Gasteiger partial charge on any atom is 0.427 e. The van der Waals surface area contributed by atoms with Crippen LogP contribution >= 0.6 is 0 Å². The van der Waals surface area contributed by atoms with Crippen molar-refractivity contribution in [1.82, 2.24) is 15.5 Å². The van der Waals surface area contributed by atoms with Gasteiger partial charge in [-0.05, 0) is 48.9 Å². The van der Waals surface area contributed by atoms with Crippen LogP contribution in [-0.4, -0.2) is 70.8 Å². The summed E-state index contributed by atoms with van der Waals surface area (Å²) in [5, 5.41) is 5.01. The van der Waals surface area contributed by atoms with Crippen LogP contribution in [0.2, 0.25) is 0 Å². The van der Waals surface area contributed by atoms with E-state index in [1.807, 2.05) is 13.8 Å². The highest BCUT2D eigenvalue weighted by Gasteiger charge is 2.70. The lowest BCUT2D eigenvalue weighted by molar-refractivity contribution is -0.244. The van der Waals surface area contributed by atoms with Crippen LogP contribution in [0.3, 0.4) is 0 Å². The molecule has 2 saturated carbocycles. The normalized spacial score (nSPS) is 25.7. The van der Waals surface area contributed by atoms with Gasteiger partial charge in [0.15, 0.2) is 5.78 Å². The van der Waals surface area contributed by atoms with Gasteiger partial charge in [0.25, 0.3) is 0 Å². The molecule has 0 aromatic heterocycles. The SMILES string of the molecule is CC(=O)C(=O)[C@@H](CC1CC1)NC(=O)[C@@H]1[C@@H]2[C@H](CN1C(=O)[C@@H](NC(=O)OC(C)(C)C(F)(F)F)C(C)(C)C)C2(C)C. The summed E-state index contributed by atoms with van der Waals surface area (Å²) in [5.41, 5.74) is -3.99. The van der Waals surface area contributed by atoms with E-state index in [1.54, 1.807) is 20.8 Å². The molecule has 39 heavy (non-hydrogen) atoms. The topological polar surface area (TPSA) is 122 Å². The first-order valence-electron chi connectivity index (χ1n) is 13.3. The zero-order valence-electron chi connectivity index (χ0n) is 23.8. The molecule has 0 bridgehead atoms. The number of alkyl halides is 3. The Hall–Kier alpha value is -2.66. The van der Waals surface area contributed by atoms with Crippen molar-refractivity contribution in [3.8, 4) is 0 Å². The van der Waals surface area contributed by atoms with E-state index in [1.165, 1.54) is 4.90 Å². The van der Waals surface area contributed by atoms with Crippen molar-refractivity contribution in [2.75, 3.05) is 6.54 Å². The third-order valence-corrected chi connectivity index (χ3v) is 8.41. The van der Waals surface area contributed by atoms with Crippen LogP contribution in [0.1, 0.15) is 74.7 Å². The van der Waals surface area contributed by atoms with Crippen LogP contribution in [0.25, 0.3) is 0 Å². The van der Waals surface area contributed by atoms with E-state index in [9.17, 15) is 37.1 Å². The smallest absolute Gasteiger partial charge is 0.427 e. The zero-order chi connectivity index (χ0) is 29.9. The van der Waals surface area contributed by atoms with Gasteiger partial charge in [-0.15, -0.1) is 0 Å². The summed E-state index contributed by atoms with van der Waals surface area (Å²) in [5.74, 6) is -2.54. The predicted molar refractivity (Wildman–Crippen MR) is 134 cm³/mol. The number of amides is 3. The molecule has 3 aliphatic rings. The number of ether oxygens (including phenoxy) is 1. The average molecular weight is 560 g/mol. The lowest BCUT2D eigenvalue weighted by Gasteiger charge is -2.38. The van der Waals surface area contributed by atoms with Gasteiger partial charge < -0.3 is 20.3 Å². The summed E-state index contributed by atoms with van der Waals surface area (Å²) in [7, 11) is 0.